The van der Waals surface area contributed by atoms with Crippen molar-refractivity contribution < 1.29 is 14.7 Å². The van der Waals surface area contributed by atoms with Crippen LogP contribution in [0.3, 0.4) is 0 Å². The number of aliphatic carboxylic acids is 1. The van der Waals surface area contributed by atoms with E-state index in [9.17, 15) is 14.7 Å². The largest absolute Gasteiger partial charge is 0.479 e. The van der Waals surface area contributed by atoms with Gasteiger partial charge in [0.1, 0.15) is 5.54 Å². The maximum atomic E-state index is 12.3. The third-order valence-corrected chi connectivity index (χ3v) is 5.92. The highest BCUT2D eigenvalue weighted by atomic mass is 32.2. The van der Waals surface area contributed by atoms with Crippen LogP contribution in [0.5, 0.6) is 0 Å². The third kappa shape index (κ3) is 3.14. The molecule has 2 aliphatic rings. The van der Waals surface area contributed by atoms with Crippen LogP contribution in [0.25, 0.3) is 0 Å². The summed E-state index contributed by atoms with van der Waals surface area (Å²) in [5.74, 6) is 0.564. The average molecular weight is 319 g/mol. The van der Waals surface area contributed by atoms with E-state index in [0.29, 0.717) is 24.5 Å². The number of nitrogens with one attached hydrogen (secondary N) is 1. The minimum Gasteiger partial charge on any atom is -0.479 e. The summed E-state index contributed by atoms with van der Waals surface area (Å²) in [7, 11) is 0. The topological polar surface area (TPSA) is 66.4 Å². The fraction of sp³-hybridized carbons (Fsp3) is 0.529. The summed E-state index contributed by atoms with van der Waals surface area (Å²) >= 11 is 1.59. The highest BCUT2D eigenvalue weighted by Gasteiger charge is 2.43. The monoisotopic (exact) mass is 319 g/mol. The number of benzene rings is 1. The summed E-state index contributed by atoms with van der Waals surface area (Å²) in [6.07, 6.45) is 3.87. The van der Waals surface area contributed by atoms with Gasteiger partial charge in [0.25, 0.3) is 0 Å². The lowest BCUT2D eigenvalue weighted by Gasteiger charge is -2.28. The van der Waals surface area contributed by atoms with Crippen LogP contribution in [0.4, 0.5) is 0 Å². The Labute approximate surface area is 134 Å². The van der Waals surface area contributed by atoms with Crippen molar-refractivity contribution in [1.82, 2.24) is 5.32 Å². The highest BCUT2D eigenvalue weighted by Crippen LogP contribution is 2.30. The van der Waals surface area contributed by atoms with Crippen LogP contribution in [-0.4, -0.2) is 34.0 Å². The van der Waals surface area contributed by atoms with E-state index >= 15 is 0 Å². The van der Waals surface area contributed by atoms with Gasteiger partial charge in [0.05, 0.1) is 0 Å². The molecule has 1 aliphatic carbocycles. The number of aryl methyl sites for hydroxylation is 1. The number of hydrogen-bond donors (Lipinski definition) is 2. The summed E-state index contributed by atoms with van der Waals surface area (Å²) < 4.78 is 0. The zero-order valence-electron chi connectivity index (χ0n) is 12.5. The number of amides is 1. The summed E-state index contributed by atoms with van der Waals surface area (Å²) in [5, 5.41) is 12.2. The summed E-state index contributed by atoms with van der Waals surface area (Å²) in [4.78, 5) is 23.8. The number of carbonyl (C=O) groups excluding carboxylic acids is 1. The van der Waals surface area contributed by atoms with Gasteiger partial charge >= 0.3 is 5.97 Å². The Kier molecular flexibility index (Phi) is 4.43. The lowest BCUT2D eigenvalue weighted by Crippen LogP contribution is -2.55. The fourth-order valence-corrected chi connectivity index (χ4v) is 4.74. The van der Waals surface area contributed by atoms with E-state index in [1.807, 2.05) is 6.07 Å². The molecule has 0 radical (unpaired) electrons. The third-order valence-electron chi connectivity index (χ3n) is 4.73. The molecule has 2 atom stereocenters. The van der Waals surface area contributed by atoms with E-state index < -0.39 is 11.5 Å². The first-order valence-corrected chi connectivity index (χ1v) is 8.93. The lowest BCUT2D eigenvalue weighted by atomic mass is 9.82. The van der Waals surface area contributed by atoms with Crippen LogP contribution in [0, 0.1) is 5.92 Å². The Hall–Kier alpha value is -1.49. The summed E-state index contributed by atoms with van der Waals surface area (Å²) in [5.41, 5.74) is 1.66. The molecule has 2 unspecified atom stereocenters. The van der Waals surface area contributed by atoms with E-state index in [-0.39, 0.29) is 5.91 Å². The van der Waals surface area contributed by atoms with E-state index in [4.69, 9.17) is 0 Å². The lowest BCUT2D eigenvalue weighted by molar-refractivity contribution is -0.146. The van der Waals surface area contributed by atoms with Gasteiger partial charge in [-0.3, -0.25) is 4.79 Å². The molecule has 3 rings (SSSR count). The molecule has 1 saturated heterocycles. The van der Waals surface area contributed by atoms with Crippen LogP contribution >= 0.6 is 11.8 Å². The van der Waals surface area contributed by atoms with Gasteiger partial charge in [0, 0.05) is 12.2 Å². The second-order valence-electron chi connectivity index (χ2n) is 6.32. The minimum atomic E-state index is -1.05. The van der Waals surface area contributed by atoms with Crippen molar-refractivity contribution in [3.8, 4) is 0 Å². The predicted molar refractivity (Wildman–Crippen MR) is 87.0 cm³/mol. The van der Waals surface area contributed by atoms with E-state index in [1.165, 1.54) is 11.1 Å². The van der Waals surface area contributed by atoms with Gasteiger partial charge in [-0.05, 0) is 48.5 Å². The minimum absolute atomic E-state index is 0.116. The molecule has 1 aromatic rings. The molecular formula is C17H21NO3S. The van der Waals surface area contributed by atoms with Crippen molar-refractivity contribution in [2.75, 3.05) is 11.5 Å². The molecule has 0 bridgehead atoms. The molecule has 5 heteroatoms. The molecular weight excluding hydrogens is 298 g/mol. The van der Waals surface area contributed by atoms with Crippen LogP contribution < -0.4 is 5.32 Å². The maximum Gasteiger partial charge on any atom is 0.330 e. The number of rotatable bonds is 4. The van der Waals surface area contributed by atoms with Crippen molar-refractivity contribution in [1.29, 1.82) is 0 Å². The molecule has 2 N–H and O–H groups in total. The van der Waals surface area contributed by atoms with Gasteiger partial charge in [-0.1, -0.05) is 24.3 Å². The quantitative estimate of drug-likeness (QED) is 0.893. The average Bonchev–Trinajstić information content (AvgIpc) is 2.97. The Bertz CT molecular complexity index is 581. The Morgan fingerprint density at radius 2 is 2.09 bits per heavy atom. The van der Waals surface area contributed by atoms with Crippen molar-refractivity contribution in [2.24, 2.45) is 5.92 Å². The van der Waals surface area contributed by atoms with E-state index in [2.05, 4.69) is 23.5 Å². The molecule has 22 heavy (non-hydrogen) atoms. The molecule has 0 saturated carbocycles. The van der Waals surface area contributed by atoms with Gasteiger partial charge in [-0.25, -0.2) is 4.79 Å². The predicted octanol–water partition coefficient (Wildman–Crippen LogP) is 2.26. The normalized spacial score (nSPS) is 27.2. The number of hydrogen-bond acceptors (Lipinski definition) is 3. The number of fused-ring (bicyclic) bond motifs is 1. The van der Waals surface area contributed by atoms with Gasteiger partial charge in [-0.2, -0.15) is 11.8 Å². The molecule has 1 aromatic carbocycles. The SMILES string of the molecule is O=C(CC1CCc2ccccc2C1)NC1(C(=O)O)CCSC1. The second-order valence-corrected chi connectivity index (χ2v) is 7.42. The number of thioether (sulfide) groups is 1. The van der Waals surface area contributed by atoms with Gasteiger partial charge in [0.2, 0.25) is 5.91 Å². The van der Waals surface area contributed by atoms with Crippen LogP contribution in [0.1, 0.15) is 30.4 Å². The van der Waals surface area contributed by atoms with Crippen LogP contribution in [-0.2, 0) is 22.4 Å². The Balaban J connectivity index is 1.60. The fourth-order valence-electron chi connectivity index (χ4n) is 3.41. The first kappa shape index (κ1) is 15.4. The smallest absolute Gasteiger partial charge is 0.330 e. The van der Waals surface area contributed by atoms with E-state index in [0.717, 1.165) is 25.0 Å². The molecule has 0 spiro atoms. The molecule has 4 nitrogen and oxygen atoms in total. The Morgan fingerprint density at radius 3 is 2.77 bits per heavy atom. The van der Waals surface area contributed by atoms with Gasteiger partial charge < -0.3 is 10.4 Å². The number of carboxylic acid groups (broad SMARTS) is 1. The van der Waals surface area contributed by atoms with Crippen molar-refractivity contribution >= 4 is 23.6 Å². The zero-order chi connectivity index (χ0) is 15.6. The highest BCUT2D eigenvalue weighted by molar-refractivity contribution is 7.99. The number of carboxylic acids is 1. The molecule has 1 heterocycles. The van der Waals surface area contributed by atoms with E-state index in [1.54, 1.807) is 11.8 Å². The summed E-state index contributed by atoms with van der Waals surface area (Å²) in [6.45, 7) is 0. The number of carbonyl (C=O) groups is 2. The van der Waals surface area contributed by atoms with Crippen molar-refractivity contribution in [3.63, 3.8) is 0 Å². The zero-order valence-corrected chi connectivity index (χ0v) is 13.3. The molecule has 1 amide bonds. The maximum absolute atomic E-state index is 12.3. The van der Waals surface area contributed by atoms with Crippen molar-refractivity contribution in [3.05, 3.63) is 35.4 Å². The summed E-state index contributed by atoms with van der Waals surface area (Å²) in [6, 6.07) is 8.38. The van der Waals surface area contributed by atoms with Crippen molar-refractivity contribution in [2.45, 2.75) is 37.6 Å². The van der Waals surface area contributed by atoms with Crippen LogP contribution in [0.15, 0.2) is 24.3 Å². The second kappa shape index (κ2) is 6.32. The first-order chi connectivity index (χ1) is 10.6. The van der Waals surface area contributed by atoms with Gasteiger partial charge in [-0.15, -0.1) is 0 Å². The molecule has 1 aliphatic heterocycles. The molecule has 0 aromatic heterocycles. The van der Waals surface area contributed by atoms with Crippen LogP contribution in [0.2, 0.25) is 0 Å². The standard InChI is InChI=1S/C17H21NO3S/c19-15(18-17(16(20)21)7-8-22-11-17)10-12-5-6-13-3-1-2-4-14(13)9-12/h1-4,12H,5-11H2,(H,18,19)(H,20,21). The van der Waals surface area contributed by atoms with Gasteiger partial charge in [0.15, 0.2) is 0 Å². The molecule has 118 valence electrons. The first-order valence-electron chi connectivity index (χ1n) is 7.78. The Morgan fingerprint density at radius 1 is 1.32 bits per heavy atom. The molecule has 1 fully saturated rings.